The second-order valence-corrected chi connectivity index (χ2v) is 6.47. The molecular weight excluding hydrogens is 346 g/mol. The van der Waals surface area contributed by atoms with Crippen molar-refractivity contribution in [3.8, 4) is 6.07 Å². The summed E-state index contributed by atoms with van der Waals surface area (Å²) in [5.74, 6) is 0. The standard InChI is InChI=1S/C24H19N3O/c1-2-26-23-16-22(14-13-18(23)15-19(17-25)24(26)28)27(20-9-5-3-6-10-20)21-11-7-4-8-12-21/h3-16H,2H2,1H3. The van der Waals surface area contributed by atoms with E-state index >= 15 is 0 Å². The van der Waals surface area contributed by atoms with Crippen LogP contribution in [0.2, 0.25) is 0 Å². The number of nitriles is 1. The summed E-state index contributed by atoms with van der Waals surface area (Å²) in [6, 6.07) is 29.9. The van der Waals surface area contributed by atoms with Crippen molar-refractivity contribution in [2.75, 3.05) is 4.90 Å². The topological polar surface area (TPSA) is 49.0 Å². The van der Waals surface area contributed by atoms with Crippen molar-refractivity contribution in [2.45, 2.75) is 13.5 Å². The van der Waals surface area contributed by atoms with E-state index in [0.717, 1.165) is 28.0 Å². The predicted molar refractivity (Wildman–Crippen MR) is 113 cm³/mol. The summed E-state index contributed by atoms with van der Waals surface area (Å²) in [5, 5.41) is 10.1. The predicted octanol–water partition coefficient (Wildman–Crippen LogP) is 5.36. The summed E-state index contributed by atoms with van der Waals surface area (Å²) in [6.45, 7) is 2.42. The minimum Gasteiger partial charge on any atom is -0.310 e. The van der Waals surface area contributed by atoms with Crippen LogP contribution in [0.3, 0.4) is 0 Å². The van der Waals surface area contributed by atoms with Crippen molar-refractivity contribution < 1.29 is 0 Å². The maximum Gasteiger partial charge on any atom is 0.268 e. The second kappa shape index (κ2) is 7.42. The van der Waals surface area contributed by atoms with E-state index in [2.05, 4.69) is 29.2 Å². The molecule has 4 nitrogen and oxygen atoms in total. The van der Waals surface area contributed by atoms with Crippen molar-refractivity contribution in [2.24, 2.45) is 0 Å². The molecule has 0 spiro atoms. The zero-order chi connectivity index (χ0) is 19.5. The molecule has 0 atom stereocenters. The Hall–Kier alpha value is -3.84. The summed E-state index contributed by atoms with van der Waals surface area (Å²) < 4.78 is 1.66. The van der Waals surface area contributed by atoms with Gasteiger partial charge in [0.25, 0.3) is 5.56 Å². The average molecular weight is 365 g/mol. The van der Waals surface area contributed by atoms with Crippen LogP contribution in [-0.4, -0.2) is 4.57 Å². The first-order valence-electron chi connectivity index (χ1n) is 9.21. The Balaban J connectivity index is 1.97. The van der Waals surface area contributed by atoms with Crippen molar-refractivity contribution in [3.63, 3.8) is 0 Å². The Labute approximate surface area is 163 Å². The molecule has 4 rings (SSSR count). The third-order valence-electron chi connectivity index (χ3n) is 4.80. The highest BCUT2D eigenvalue weighted by molar-refractivity contribution is 5.87. The van der Waals surface area contributed by atoms with Gasteiger partial charge in [0.05, 0.1) is 5.52 Å². The first kappa shape index (κ1) is 17.6. The van der Waals surface area contributed by atoms with Crippen LogP contribution in [-0.2, 0) is 6.54 Å². The molecule has 0 amide bonds. The lowest BCUT2D eigenvalue weighted by molar-refractivity contribution is 0.757. The smallest absolute Gasteiger partial charge is 0.268 e. The molecule has 0 saturated heterocycles. The summed E-state index contributed by atoms with van der Waals surface area (Å²) in [6.07, 6.45) is 0. The number of nitrogens with zero attached hydrogens (tertiary/aromatic N) is 3. The number of fused-ring (bicyclic) bond motifs is 1. The van der Waals surface area contributed by atoms with Gasteiger partial charge >= 0.3 is 0 Å². The number of aryl methyl sites for hydroxylation is 1. The second-order valence-electron chi connectivity index (χ2n) is 6.47. The highest BCUT2D eigenvalue weighted by atomic mass is 16.1. The maximum absolute atomic E-state index is 12.6. The van der Waals surface area contributed by atoms with E-state index in [1.165, 1.54) is 0 Å². The van der Waals surface area contributed by atoms with Gasteiger partial charge in [-0.05, 0) is 54.8 Å². The molecule has 136 valence electrons. The fraction of sp³-hybridized carbons (Fsp3) is 0.0833. The van der Waals surface area contributed by atoms with E-state index in [9.17, 15) is 10.1 Å². The van der Waals surface area contributed by atoms with Gasteiger partial charge in [-0.15, -0.1) is 0 Å². The van der Waals surface area contributed by atoms with Crippen LogP contribution in [0.25, 0.3) is 10.9 Å². The van der Waals surface area contributed by atoms with Crippen LogP contribution in [0.15, 0.2) is 89.7 Å². The van der Waals surface area contributed by atoms with Crippen molar-refractivity contribution in [3.05, 3.63) is 101 Å². The Morgan fingerprint density at radius 2 is 1.46 bits per heavy atom. The zero-order valence-electron chi connectivity index (χ0n) is 15.5. The third kappa shape index (κ3) is 3.04. The van der Waals surface area contributed by atoms with E-state index in [0.29, 0.717) is 6.54 Å². The minimum absolute atomic E-state index is 0.171. The number of anilines is 3. The van der Waals surface area contributed by atoms with Crippen molar-refractivity contribution in [1.82, 2.24) is 4.57 Å². The minimum atomic E-state index is -0.249. The summed E-state index contributed by atoms with van der Waals surface area (Å²) >= 11 is 0. The van der Waals surface area contributed by atoms with E-state index < -0.39 is 0 Å². The summed E-state index contributed by atoms with van der Waals surface area (Å²) in [7, 11) is 0. The van der Waals surface area contributed by atoms with Gasteiger partial charge in [-0.3, -0.25) is 4.79 Å². The Bertz CT molecular complexity index is 1180. The molecule has 0 aliphatic heterocycles. The SMILES string of the molecule is CCn1c(=O)c(C#N)cc2ccc(N(c3ccccc3)c3ccccc3)cc21. The fourth-order valence-corrected chi connectivity index (χ4v) is 3.49. The normalized spacial score (nSPS) is 10.6. The Morgan fingerprint density at radius 3 is 2.00 bits per heavy atom. The molecule has 0 radical (unpaired) electrons. The molecule has 1 heterocycles. The lowest BCUT2D eigenvalue weighted by Crippen LogP contribution is -2.22. The van der Waals surface area contributed by atoms with Crippen LogP contribution in [0, 0.1) is 11.3 Å². The van der Waals surface area contributed by atoms with Gasteiger partial charge < -0.3 is 9.47 Å². The molecule has 0 bridgehead atoms. The highest BCUT2D eigenvalue weighted by Crippen LogP contribution is 2.35. The summed E-state index contributed by atoms with van der Waals surface area (Å²) in [5.41, 5.74) is 3.77. The fourth-order valence-electron chi connectivity index (χ4n) is 3.49. The molecule has 4 aromatic rings. The molecule has 0 unspecified atom stereocenters. The molecule has 28 heavy (non-hydrogen) atoms. The van der Waals surface area contributed by atoms with E-state index in [-0.39, 0.29) is 11.1 Å². The maximum atomic E-state index is 12.6. The first-order valence-corrected chi connectivity index (χ1v) is 9.21. The van der Waals surface area contributed by atoms with Crippen molar-refractivity contribution in [1.29, 1.82) is 5.26 Å². The van der Waals surface area contributed by atoms with E-state index in [1.807, 2.05) is 67.6 Å². The monoisotopic (exact) mass is 365 g/mol. The largest absolute Gasteiger partial charge is 0.310 e. The van der Waals surface area contributed by atoms with E-state index in [4.69, 9.17) is 0 Å². The molecule has 0 aliphatic carbocycles. The van der Waals surface area contributed by atoms with Gasteiger partial charge in [-0.2, -0.15) is 5.26 Å². The number of para-hydroxylation sites is 2. The van der Waals surface area contributed by atoms with Crippen LogP contribution in [0.1, 0.15) is 12.5 Å². The van der Waals surface area contributed by atoms with Crippen LogP contribution in [0.5, 0.6) is 0 Å². The number of aromatic nitrogens is 1. The van der Waals surface area contributed by atoms with Gasteiger partial charge in [0.15, 0.2) is 0 Å². The number of benzene rings is 3. The zero-order valence-corrected chi connectivity index (χ0v) is 15.5. The molecular formula is C24H19N3O. The molecule has 1 aromatic heterocycles. The molecule has 0 fully saturated rings. The van der Waals surface area contributed by atoms with Gasteiger partial charge in [0.2, 0.25) is 0 Å². The number of pyridine rings is 1. The first-order chi connectivity index (χ1) is 13.7. The number of hydrogen-bond donors (Lipinski definition) is 0. The Morgan fingerprint density at radius 1 is 0.857 bits per heavy atom. The lowest BCUT2D eigenvalue weighted by Gasteiger charge is -2.26. The Kier molecular flexibility index (Phi) is 4.65. The van der Waals surface area contributed by atoms with Gasteiger partial charge in [0.1, 0.15) is 11.6 Å². The van der Waals surface area contributed by atoms with Gasteiger partial charge in [0, 0.05) is 23.6 Å². The van der Waals surface area contributed by atoms with Crippen LogP contribution in [0.4, 0.5) is 17.1 Å². The molecule has 0 saturated carbocycles. The molecule has 3 aromatic carbocycles. The number of rotatable bonds is 4. The van der Waals surface area contributed by atoms with E-state index in [1.54, 1.807) is 10.6 Å². The summed E-state index contributed by atoms with van der Waals surface area (Å²) in [4.78, 5) is 14.7. The lowest BCUT2D eigenvalue weighted by atomic mass is 10.1. The third-order valence-corrected chi connectivity index (χ3v) is 4.80. The van der Waals surface area contributed by atoms with Crippen LogP contribution < -0.4 is 10.5 Å². The van der Waals surface area contributed by atoms with Gasteiger partial charge in [-0.25, -0.2) is 0 Å². The van der Waals surface area contributed by atoms with Crippen LogP contribution >= 0.6 is 0 Å². The highest BCUT2D eigenvalue weighted by Gasteiger charge is 2.14. The molecule has 0 N–H and O–H groups in total. The molecule has 4 heteroatoms. The van der Waals surface area contributed by atoms with Crippen molar-refractivity contribution >= 4 is 28.0 Å². The molecule has 0 aliphatic rings. The number of hydrogen-bond acceptors (Lipinski definition) is 3. The quantitative estimate of drug-likeness (QED) is 0.489. The van der Waals surface area contributed by atoms with Gasteiger partial charge in [-0.1, -0.05) is 42.5 Å². The average Bonchev–Trinajstić information content (AvgIpc) is 2.75.